The minimum atomic E-state index is -3.18. The summed E-state index contributed by atoms with van der Waals surface area (Å²) < 4.78 is 36.6. The van der Waals surface area contributed by atoms with Crippen LogP contribution in [0, 0.1) is 5.82 Å². The third-order valence-electron chi connectivity index (χ3n) is 4.34. The van der Waals surface area contributed by atoms with Crippen molar-refractivity contribution in [1.82, 2.24) is 10.2 Å². The number of nitrogens with one attached hydrogen (secondary N) is 1. The van der Waals surface area contributed by atoms with Crippen molar-refractivity contribution in [1.29, 1.82) is 0 Å². The van der Waals surface area contributed by atoms with Gasteiger partial charge >= 0.3 is 0 Å². The molecule has 0 spiro atoms. The summed E-state index contributed by atoms with van der Waals surface area (Å²) in [6.07, 6.45) is 1.16. The maximum atomic E-state index is 13.6. The zero-order valence-corrected chi connectivity index (χ0v) is 15.3. The topological polar surface area (TPSA) is 66.5 Å². The van der Waals surface area contributed by atoms with E-state index in [1.807, 2.05) is 0 Å². The molecule has 5 nitrogen and oxygen atoms in total. The Kier molecular flexibility index (Phi) is 5.38. The number of nitrogens with zero attached hydrogens (tertiary/aromatic N) is 1. The molecule has 1 aliphatic heterocycles. The fourth-order valence-electron chi connectivity index (χ4n) is 3.22. The predicted octanol–water partition coefficient (Wildman–Crippen LogP) is 2.16. The molecule has 138 valence electrons. The normalized spacial score (nSPS) is 17.9. The molecule has 0 radical (unpaired) electrons. The molecule has 1 saturated heterocycles. The van der Waals surface area contributed by atoms with E-state index >= 15 is 0 Å². The molecule has 1 unspecified atom stereocenters. The number of piperazine rings is 1. The van der Waals surface area contributed by atoms with Crippen LogP contribution in [-0.4, -0.2) is 45.1 Å². The molecule has 1 atom stereocenters. The van der Waals surface area contributed by atoms with E-state index in [-0.39, 0.29) is 23.5 Å². The lowest BCUT2D eigenvalue weighted by Crippen LogP contribution is -2.48. The lowest BCUT2D eigenvalue weighted by Gasteiger charge is -2.36. The average molecular weight is 376 g/mol. The number of sulfone groups is 1. The standard InChI is InChI=1S/C19H21FN2O3S/c1-26(24,25)13-14-4-2-6-16(10-14)19(23)22-9-8-21-12-18(22)15-5-3-7-17(20)11-15/h2-7,10-11,18,21H,8-9,12-13H2,1H3. The maximum absolute atomic E-state index is 13.6. The number of amides is 1. The lowest BCUT2D eigenvalue weighted by atomic mass is 10.0. The number of rotatable bonds is 4. The molecule has 7 heteroatoms. The van der Waals surface area contributed by atoms with Gasteiger partial charge in [-0.05, 0) is 35.4 Å². The summed E-state index contributed by atoms with van der Waals surface area (Å²) in [6.45, 7) is 1.69. The molecule has 0 saturated carbocycles. The van der Waals surface area contributed by atoms with Crippen LogP contribution in [0.25, 0.3) is 0 Å². The van der Waals surface area contributed by atoms with Crippen LogP contribution in [0.5, 0.6) is 0 Å². The van der Waals surface area contributed by atoms with E-state index < -0.39 is 9.84 Å². The third-order valence-corrected chi connectivity index (χ3v) is 5.20. The second-order valence-electron chi connectivity index (χ2n) is 6.54. The van der Waals surface area contributed by atoms with E-state index in [0.717, 1.165) is 11.8 Å². The van der Waals surface area contributed by atoms with Crippen LogP contribution in [0.1, 0.15) is 27.5 Å². The summed E-state index contributed by atoms with van der Waals surface area (Å²) in [5.41, 5.74) is 1.75. The zero-order valence-electron chi connectivity index (χ0n) is 14.5. The Labute approximate surface area is 152 Å². The molecule has 0 aromatic heterocycles. The number of carbonyl (C=O) groups excluding carboxylic acids is 1. The molecular formula is C19H21FN2O3S. The fourth-order valence-corrected chi connectivity index (χ4v) is 4.01. The number of carbonyl (C=O) groups is 1. The Bertz CT molecular complexity index is 915. The number of halogens is 1. The van der Waals surface area contributed by atoms with Gasteiger partial charge in [-0.1, -0.05) is 24.3 Å². The number of hydrogen-bond acceptors (Lipinski definition) is 4. The molecule has 1 heterocycles. The SMILES string of the molecule is CS(=O)(=O)Cc1cccc(C(=O)N2CCNCC2c2cccc(F)c2)c1. The van der Waals surface area contributed by atoms with Gasteiger partial charge in [0.15, 0.2) is 9.84 Å². The van der Waals surface area contributed by atoms with Crippen LogP contribution in [0.2, 0.25) is 0 Å². The van der Waals surface area contributed by atoms with Crippen LogP contribution < -0.4 is 5.32 Å². The van der Waals surface area contributed by atoms with Gasteiger partial charge in [-0.2, -0.15) is 0 Å². The summed E-state index contributed by atoms with van der Waals surface area (Å²) in [7, 11) is -3.18. The lowest BCUT2D eigenvalue weighted by molar-refractivity contribution is 0.0634. The van der Waals surface area contributed by atoms with Crippen molar-refractivity contribution >= 4 is 15.7 Å². The van der Waals surface area contributed by atoms with E-state index in [2.05, 4.69) is 5.32 Å². The van der Waals surface area contributed by atoms with Gasteiger partial charge in [0.25, 0.3) is 5.91 Å². The van der Waals surface area contributed by atoms with Gasteiger partial charge in [0.2, 0.25) is 0 Å². The Morgan fingerprint density at radius 3 is 2.73 bits per heavy atom. The molecule has 1 fully saturated rings. The van der Waals surface area contributed by atoms with Crippen molar-refractivity contribution in [3.63, 3.8) is 0 Å². The Morgan fingerprint density at radius 1 is 1.23 bits per heavy atom. The predicted molar refractivity (Wildman–Crippen MR) is 98.0 cm³/mol. The fraction of sp³-hybridized carbons (Fsp3) is 0.316. The monoisotopic (exact) mass is 376 g/mol. The molecule has 0 aliphatic carbocycles. The van der Waals surface area contributed by atoms with Gasteiger partial charge in [-0.3, -0.25) is 4.79 Å². The first-order chi connectivity index (χ1) is 12.3. The highest BCUT2D eigenvalue weighted by Crippen LogP contribution is 2.25. The second-order valence-corrected chi connectivity index (χ2v) is 8.68. The molecule has 1 N–H and O–H groups in total. The molecule has 0 bridgehead atoms. The van der Waals surface area contributed by atoms with E-state index in [9.17, 15) is 17.6 Å². The Balaban J connectivity index is 1.88. The number of benzene rings is 2. The average Bonchev–Trinajstić information content (AvgIpc) is 2.60. The summed E-state index contributed by atoms with van der Waals surface area (Å²) >= 11 is 0. The van der Waals surface area contributed by atoms with E-state index in [0.29, 0.717) is 30.8 Å². The Morgan fingerprint density at radius 2 is 2.00 bits per heavy atom. The molecule has 1 amide bonds. The van der Waals surface area contributed by atoms with Gasteiger partial charge in [0.05, 0.1) is 11.8 Å². The largest absolute Gasteiger partial charge is 0.329 e. The highest BCUT2D eigenvalue weighted by molar-refractivity contribution is 7.89. The van der Waals surface area contributed by atoms with Gasteiger partial charge in [-0.15, -0.1) is 0 Å². The minimum absolute atomic E-state index is 0.108. The van der Waals surface area contributed by atoms with E-state index in [1.165, 1.54) is 12.1 Å². The van der Waals surface area contributed by atoms with Crippen LogP contribution >= 0.6 is 0 Å². The van der Waals surface area contributed by atoms with Crippen LogP contribution in [0.3, 0.4) is 0 Å². The number of hydrogen-bond donors (Lipinski definition) is 1. The highest BCUT2D eigenvalue weighted by Gasteiger charge is 2.29. The maximum Gasteiger partial charge on any atom is 0.254 e. The van der Waals surface area contributed by atoms with Crippen molar-refractivity contribution in [3.8, 4) is 0 Å². The van der Waals surface area contributed by atoms with Crippen LogP contribution in [0.15, 0.2) is 48.5 Å². The first-order valence-corrected chi connectivity index (χ1v) is 10.4. The summed E-state index contributed by atoms with van der Waals surface area (Å²) in [5.74, 6) is -0.630. The van der Waals surface area contributed by atoms with E-state index in [1.54, 1.807) is 41.3 Å². The van der Waals surface area contributed by atoms with Gasteiger partial charge in [0, 0.05) is 31.5 Å². The molecule has 2 aromatic carbocycles. The van der Waals surface area contributed by atoms with Crippen LogP contribution in [-0.2, 0) is 15.6 Å². The van der Waals surface area contributed by atoms with Crippen molar-refractivity contribution in [2.45, 2.75) is 11.8 Å². The first kappa shape index (κ1) is 18.5. The summed E-state index contributed by atoms with van der Waals surface area (Å²) in [5, 5.41) is 3.24. The van der Waals surface area contributed by atoms with E-state index in [4.69, 9.17) is 0 Å². The molecular weight excluding hydrogens is 355 g/mol. The quantitative estimate of drug-likeness (QED) is 0.888. The zero-order chi connectivity index (χ0) is 18.7. The van der Waals surface area contributed by atoms with Gasteiger partial charge in [-0.25, -0.2) is 12.8 Å². The van der Waals surface area contributed by atoms with Crippen molar-refractivity contribution in [2.75, 3.05) is 25.9 Å². The summed E-state index contributed by atoms with van der Waals surface area (Å²) in [4.78, 5) is 14.8. The van der Waals surface area contributed by atoms with Crippen molar-refractivity contribution < 1.29 is 17.6 Å². The molecule has 3 rings (SSSR count). The highest BCUT2D eigenvalue weighted by atomic mass is 32.2. The van der Waals surface area contributed by atoms with Crippen molar-refractivity contribution in [2.24, 2.45) is 0 Å². The second kappa shape index (κ2) is 7.55. The molecule has 2 aromatic rings. The smallest absolute Gasteiger partial charge is 0.254 e. The van der Waals surface area contributed by atoms with Crippen LogP contribution in [0.4, 0.5) is 4.39 Å². The minimum Gasteiger partial charge on any atom is -0.329 e. The summed E-state index contributed by atoms with van der Waals surface area (Å²) in [6, 6.07) is 12.7. The molecule has 1 aliphatic rings. The Hall–Kier alpha value is -2.25. The van der Waals surface area contributed by atoms with Crippen molar-refractivity contribution in [3.05, 3.63) is 71.0 Å². The van der Waals surface area contributed by atoms with Gasteiger partial charge < -0.3 is 10.2 Å². The third kappa shape index (κ3) is 4.47. The molecule has 26 heavy (non-hydrogen) atoms. The first-order valence-electron chi connectivity index (χ1n) is 8.37. The van der Waals surface area contributed by atoms with Gasteiger partial charge in [0.1, 0.15) is 5.82 Å².